The van der Waals surface area contributed by atoms with E-state index in [2.05, 4.69) is 22.9 Å². The molecule has 0 bridgehead atoms. The maximum absolute atomic E-state index is 12.3. The largest absolute Gasteiger partial charge is 0.484 e. The molecular formula is C10H10BrF2O. The summed E-state index contributed by atoms with van der Waals surface area (Å²) >= 11 is 3.24. The highest BCUT2D eigenvalue weighted by Crippen LogP contribution is 2.20. The van der Waals surface area contributed by atoms with Gasteiger partial charge < -0.3 is 4.74 Å². The van der Waals surface area contributed by atoms with Crippen LogP contribution in [0.4, 0.5) is 8.78 Å². The van der Waals surface area contributed by atoms with E-state index in [1.807, 2.05) is 0 Å². The molecule has 1 atom stereocenters. The van der Waals surface area contributed by atoms with Crippen LogP contribution < -0.4 is 4.74 Å². The van der Waals surface area contributed by atoms with Crippen molar-refractivity contribution in [1.82, 2.24) is 0 Å². The molecule has 0 heterocycles. The van der Waals surface area contributed by atoms with E-state index in [0.29, 0.717) is 5.75 Å². The average Bonchev–Trinajstić information content (AvgIpc) is 2.16. The van der Waals surface area contributed by atoms with E-state index in [-0.39, 0.29) is 6.42 Å². The molecule has 1 unspecified atom stereocenters. The molecule has 0 spiro atoms. The van der Waals surface area contributed by atoms with Crippen LogP contribution in [0.1, 0.15) is 6.42 Å². The van der Waals surface area contributed by atoms with Gasteiger partial charge in [-0.25, -0.2) is 8.78 Å². The summed E-state index contributed by atoms with van der Waals surface area (Å²) in [6.07, 6.45) is -3.58. The van der Waals surface area contributed by atoms with E-state index >= 15 is 0 Å². The van der Waals surface area contributed by atoms with Gasteiger partial charge in [0.15, 0.2) is 6.10 Å². The molecule has 0 amide bonds. The summed E-state index contributed by atoms with van der Waals surface area (Å²) in [7, 11) is 0. The molecular weight excluding hydrogens is 254 g/mol. The van der Waals surface area contributed by atoms with E-state index in [1.165, 1.54) is 0 Å². The molecule has 0 saturated heterocycles. The number of hydrogen-bond donors (Lipinski definition) is 0. The Bertz CT molecular complexity index is 274. The van der Waals surface area contributed by atoms with Crippen LogP contribution in [-0.4, -0.2) is 12.5 Å². The molecule has 1 radical (unpaired) electrons. The van der Waals surface area contributed by atoms with E-state index in [9.17, 15) is 8.78 Å². The van der Waals surface area contributed by atoms with Crippen LogP contribution in [0.2, 0.25) is 0 Å². The van der Waals surface area contributed by atoms with Gasteiger partial charge in [0.25, 0.3) is 6.43 Å². The lowest BCUT2D eigenvalue weighted by Crippen LogP contribution is -2.24. The SMILES string of the molecule is [CH2]CC(Oc1ccc(Br)cc1)C(F)F. The molecule has 1 nitrogen and oxygen atoms in total. The van der Waals surface area contributed by atoms with E-state index in [0.717, 1.165) is 4.47 Å². The first-order chi connectivity index (χ1) is 6.63. The summed E-state index contributed by atoms with van der Waals surface area (Å²) in [5.74, 6) is 0.433. The predicted molar refractivity (Wildman–Crippen MR) is 54.5 cm³/mol. The molecule has 0 aliphatic heterocycles. The number of ether oxygens (including phenoxy) is 1. The normalized spacial score (nSPS) is 12.9. The fourth-order valence-electron chi connectivity index (χ4n) is 0.924. The summed E-state index contributed by atoms with van der Waals surface area (Å²) in [5.41, 5.74) is 0. The second kappa shape index (κ2) is 5.29. The standard InChI is InChI=1S/C10H10BrF2O/c1-2-9(10(12)13)14-8-5-3-7(11)4-6-8/h3-6,9-10H,1-2H2. The van der Waals surface area contributed by atoms with Crippen LogP contribution in [0.5, 0.6) is 5.75 Å². The maximum Gasteiger partial charge on any atom is 0.274 e. The fraction of sp³-hybridized carbons (Fsp3) is 0.300. The zero-order valence-electron chi connectivity index (χ0n) is 7.42. The van der Waals surface area contributed by atoms with Crippen molar-refractivity contribution < 1.29 is 13.5 Å². The van der Waals surface area contributed by atoms with Gasteiger partial charge in [-0.05, 0) is 37.6 Å². The Morgan fingerprint density at radius 3 is 2.29 bits per heavy atom. The monoisotopic (exact) mass is 263 g/mol. The number of hydrogen-bond acceptors (Lipinski definition) is 1. The smallest absolute Gasteiger partial charge is 0.274 e. The molecule has 4 heteroatoms. The Balaban J connectivity index is 2.63. The van der Waals surface area contributed by atoms with Gasteiger partial charge in [0, 0.05) is 4.47 Å². The Morgan fingerprint density at radius 1 is 1.29 bits per heavy atom. The number of halogens is 3. The third-order valence-corrected chi connectivity index (χ3v) is 2.20. The van der Waals surface area contributed by atoms with E-state index in [1.54, 1.807) is 24.3 Å². The van der Waals surface area contributed by atoms with Gasteiger partial charge in [-0.1, -0.05) is 15.9 Å². The summed E-state index contributed by atoms with van der Waals surface area (Å²) < 4.78 is 30.5. The van der Waals surface area contributed by atoms with Crippen LogP contribution in [0.25, 0.3) is 0 Å². The lowest BCUT2D eigenvalue weighted by molar-refractivity contribution is 0.0132. The van der Waals surface area contributed by atoms with Gasteiger partial charge >= 0.3 is 0 Å². The Kier molecular flexibility index (Phi) is 4.32. The minimum absolute atomic E-state index is 0.0493. The van der Waals surface area contributed by atoms with Crippen LogP contribution in [0, 0.1) is 6.92 Å². The Labute approximate surface area is 90.2 Å². The van der Waals surface area contributed by atoms with Crippen LogP contribution in [0.3, 0.4) is 0 Å². The number of alkyl halides is 2. The second-order valence-electron chi connectivity index (χ2n) is 2.73. The van der Waals surface area contributed by atoms with Crippen LogP contribution >= 0.6 is 15.9 Å². The second-order valence-corrected chi connectivity index (χ2v) is 3.65. The van der Waals surface area contributed by atoms with Crippen molar-refractivity contribution in [2.24, 2.45) is 0 Å². The molecule has 0 aliphatic carbocycles. The highest BCUT2D eigenvalue weighted by Gasteiger charge is 2.19. The van der Waals surface area contributed by atoms with E-state index in [4.69, 9.17) is 4.74 Å². The summed E-state index contributed by atoms with van der Waals surface area (Å²) in [6.45, 7) is 3.41. The highest BCUT2D eigenvalue weighted by atomic mass is 79.9. The third kappa shape index (κ3) is 3.25. The number of benzene rings is 1. The van der Waals surface area contributed by atoms with Crippen molar-refractivity contribution in [2.45, 2.75) is 19.0 Å². The lowest BCUT2D eigenvalue weighted by atomic mass is 10.3. The van der Waals surface area contributed by atoms with Gasteiger partial charge in [-0.2, -0.15) is 0 Å². The van der Waals surface area contributed by atoms with Gasteiger partial charge in [0.1, 0.15) is 5.75 Å². The first kappa shape index (κ1) is 11.4. The summed E-state index contributed by atoms with van der Waals surface area (Å²) in [4.78, 5) is 0. The lowest BCUT2D eigenvalue weighted by Gasteiger charge is -2.16. The van der Waals surface area contributed by atoms with Crippen molar-refractivity contribution in [2.75, 3.05) is 0 Å². The van der Waals surface area contributed by atoms with Gasteiger partial charge in [-0.15, -0.1) is 0 Å². The van der Waals surface area contributed by atoms with Crippen molar-refractivity contribution in [3.05, 3.63) is 35.7 Å². The molecule has 0 saturated carbocycles. The molecule has 1 aromatic rings. The van der Waals surface area contributed by atoms with Crippen molar-refractivity contribution in [1.29, 1.82) is 0 Å². The summed E-state index contributed by atoms with van der Waals surface area (Å²) in [6, 6.07) is 6.74. The average molecular weight is 264 g/mol. The number of rotatable bonds is 4. The molecule has 1 rings (SSSR count). The molecule has 0 fully saturated rings. The fourth-order valence-corrected chi connectivity index (χ4v) is 1.19. The molecule has 0 aromatic heterocycles. The highest BCUT2D eigenvalue weighted by molar-refractivity contribution is 9.10. The first-order valence-electron chi connectivity index (χ1n) is 4.13. The minimum atomic E-state index is -2.50. The van der Waals surface area contributed by atoms with Crippen LogP contribution in [0.15, 0.2) is 28.7 Å². The Morgan fingerprint density at radius 2 is 1.86 bits per heavy atom. The minimum Gasteiger partial charge on any atom is -0.484 e. The molecule has 14 heavy (non-hydrogen) atoms. The molecule has 0 N–H and O–H groups in total. The molecule has 1 aromatic carbocycles. The zero-order chi connectivity index (χ0) is 10.6. The molecule has 77 valence electrons. The predicted octanol–water partition coefficient (Wildman–Crippen LogP) is 3.69. The summed E-state index contributed by atoms with van der Waals surface area (Å²) in [5, 5.41) is 0. The Hall–Kier alpha value is -0.640. The van der Waals surface area contributed by atoms with Crippen molar-refractivity contribution in [3.63, 3.8) is 0 Å². The van der Waals surface area contributed by atoms with Gasteiger partial charge in [0.05, 0.1) is 0 Å². The molecule has 0 aliphatic rings. The van der Waals surface area contributed by atoms with Crippen molar-refractivity contribution >= 4 is 15.9 Å². The van der Waals surface area contributed by atoms with E-state index < -0.39 is 12.5 Å². The first-order valence-corrected chi connectivity index (χ1v) is 4.92. The van der Waals surface area contributed by atoms with Gasteiger partial charge in [-0.3, -0.25) is 0 Å². The topological polar surface area (TPSA) is 9.23 Å². The zero-order valence-corrected chi connectivity index (χ0v) is 9.01. The maximum atomic E-state index is 12.3. The quantitative estimate of drug-likeness (QED) is 0.805. The van der Waals surface area contributed by atoms with Gasteiger partial charge in [0.2, 0.25) is 0 Å². The van der Waals surface area contributed by atoms with Crippen LogP contribution in [-0.2, 0) is 0 Å². The van der Waals surface area contributed by atoms with Crippen molar-refractivity contribution in [3.8, 4) is 5.75 Å². The third-order valence-electron chi connectivity index (χ3n) is 1.67.